The third-order valence-corrected chi connectivity index (χ3v) is 4.40. The van der Waals surface area contributed by atoms with Gasteiger partial charge in [-0.3, -0.25) is 14.5 Å². The average Bonchev–Trinajstić information content (AvgIpc) is 2.81. The van der Waals surface area contributed by atoms with E-state index in [1.54, 1.807) is 32.2 Å². The smallest absolute Gasteiger partial charge is 0.325 e. The van der Waals surface area contributed by atoms with Gasteiger partial charge >= 0.3 is 6.03 Å². The zero-order valence-electron chi connectivity index (χ0n) is 16.4. The molecule has 1 aromatic carbocycles. The van der Waals surface area contributed by atoms with Crippen LogP contribution in [-0.2, 0) is 16.1 Å². The largest absolute Gasteiger partial charge is 0.493 e. The van der Waals surface area contributed by atoms with Gasteiger partial charge in [0.2, 0.25) is 5.91 Å². The van der Waals surface area contributed by atoms with E-state index in [1.807, 2.05) is 13.8 Å². The molecule has 2 N–H and O–H groups in total. The van der Waals surface area contributed by atoms with Crippen LogP contribution in [0.25, 0.3) is 0 Å². The summed E-state index contributed by atoms with van der Waals surface area (Å²) in [7, 11) is 3.08. The van der Waals surface area contributed by atoms with E-state index in [0.29, 0.717) is 17.9 Å². The number of methoxy groups -OCH3 is 2. The van der Waals surface area contributed by atoms with Crippen LogP contribution in [0, 0.1) is 5.92 Å². The maximum atomic E-state index is 12.6. The number of hydrogen-bond donors (Lipinski definition) is 2. The van der Waals surface area contributed by atoms with Crippen LogP contribution in [0.3, 0.4) is 0 Å². The Morgan fingerprint density at radius 3 is 2.48 bits per heavy atom. The minimum Gasteiger partial charge on any atom is -0.493 e. The molecule has 1 unspecified atom stereocenters. The molecule has 0 aromatic heterocycles. The highest BCUT2D eigenvalue weighted by molar-refractivity contribution is 6.08. The maximum absolute atomic E-state index is 12.6. The third kappa shape index (κ3) is 4.69. The summed E-state index contributed by atoms with van der Waals surface area (Å²) < 4.78 is 10.4. The van der Waals surface area contributed by atoms with Crippen molar-refractivity contribution in [2.45, 2.75) is 39.3 Å². The molecule has 27 heavy (non-hydrogen) atoms. The zero-order chi connectivity index (χ0) is 20.2. The van der Waals surface area contributed by atoms with Crippen LogP contribution in [-0.4, -0.2) is 49.0 Å². The number of ether oxygens (including phenoxy) is 2. The van der Waals surface area contributed by atoms with Crippen LogP contribution in [0.1, 0.15) is 32.8 Å². The maximum Gasteiger partial charge on any atom is 0.325 e. The van der Waals surface area contributed by atoms with Gasteiger partial charge < -0.3 is 20.1 Å². The van der Waals surface area contributed by atoms with E-state index >= 15 is 0 Å². The van der Waals surface area contributed by atoms with Crippen molar-refractivity contribution in [3.05, 3.63) is 23.8 Å². The van der Waals surface area contributed by atoms with Crippen LogP contribution < -0.4 is 20.1 Å². The van der Waals surface area contributed by atoms with Gasteiger partial charge in [0.25, 0.3) is 5.91 Å². The van der Waals surface area contributed by atoms with Crippen LogP contribution in [0.4, 0.5) is 4.79 Å². The number of nitrogens with one attached hydrogen (secondary N) is 2. The number of benzene rings is 1. The van der Waals surface area contributed by atoms with Crippen molar-refractivity contribution < 1.29 is 23.9 Å². The molecule has 0 bridgehead atoms. The lowest BCUT2D eigenvalue weighted by molar-refractivity contribution is -0.135. The first-order chi connectivity index (χ1) is 12.7. The first-order valence-corrected chi connectivity index (χ1v) is 8.82. The Kier molecular flexibility index (Phi) is 6.30. The van der Waals surface area contributed by atoms with E-state index < -0.39 is 17.5 Å². The summed E-state index contributed by atoms with van der Waals surface area (Å²) in [6.45, 7) is 5.57. The van der Waals surface area contributed by atoms with E-state index in [0.717, 1.165) is 10.5 Å². The van der Waals surface area contributed by atoms with Gasteiger partial charge in [-0.2, -0.15) is 0 Å². The number of carbonyl (C=O) groups is 3. The molecule has 8 nitrogen and oxygen atoms in total. The van der Waals surface area contributed by atoms with E-state index in [2.05, 4.69) is 10.6 Å². The van der Waals surface area contributed by atoms with Crippen molar-refractivity contribution in [2.24, 2.45) is 5.92 Å². The number of amides is 4. The molecule has 1 aliphatic rings. The molecule has 1 atom stereocenters. The normalized spacial score (nSPS) is 19.3. The lowest BCUT2D eigenvalue weighted by Crippen LogP contribution is -2.46. The van der Waals surface area contributed by atoms with Gasteiger partial charge in [-0.25, -0.2) is 4.79 Å². The van der Waals surface area contributed by atoms with Gasteiger partial charge in [-0.15, -0.1) is 0 Å². The monoisotopic (exact) mass is 377 g/mol. The van der Waals surface area contributed by atoms with Gasteiger partial charge in [0.05, 0.1) is 14.2 Å². The summed E-state index contributed by atoms with van der Waals surface area (Å²) in [4.78, 5) is 37.9. The minimum atomic E-state index is -0.963. The van der Waals surface area contributed by atoms with Crippen LogP contribution in [0.15, 0.2) is 18.2 Å². The first kappa shape index (κ1) is 20.5. The average molecular weight is 377 g/mol. The summed E-state index contributed by atoms with van der Waals surface area (Å²) in [5.74, 6) is 0.599. The molecule has 0 saturated carbocycles. The molecule has 1 fully saturated rings. The Labute approximate surface area is 159 Å². The Morgan fingerprint density at radius 2 is 1.89 bits per heavy atom. The molecular formula is C19H27N3O5. The molecule has 4 amide bonds. The molecular weight excluding hydrogens is 350 g/mol. The highest BCUT2D eigenvalue weighted by Gasteiger charge is 2.48. The Bertz CT molecular complexity index is 734. The van der Waals surface area contributed by atoms with E-state index in [1.165, 1.54) is 7.11 Å². The van der Waals surface area contributed by atoms with E-state index in [9.17, 15) is 14.4 Å². The Morgan fingerprint density at radius 1 is 1.22 bits per heavy atom. The van der Waals surface area contributed by atoms with Crippen molar-refractivity contribution in [3.8, 4) is 11.5 Å². The van der Waals surface area contributed by atoms with Crippen molar-refractivity contribution >= 4 is 17.8 Å². The molecule has 1 aliphatic heterocycles. The van der Waals surface area contributed by atoms with Crippen molar-refractivity contribution in [1.29, 1.82) is 0 Å². The Hall–Kier alpha value is -2.77. The standard InChI is InChI=1S/C19H27N3O5/c1-12(2)9-19(3)17(24)22(18(25)21-19)11-16(23)20-10-13-6-7-14(26-4)15(8-13)27-5/h6-8,12H,9-11H2,1-5H3,(H,20,23)(H,21,25). The zero-order valence-corrected chi connectivity index (χ0v) is 16.4. The molecule has 1 heterocycles. The van der Waals surface area contributed by atoms with Crippen LogP contribution >= 0.6 is 0 Å². The molecule has 0 spiro atoms. The summed E-state index contributed by atoms with van der Waals surface area (Å²) in [5, 5.41) is 5.41. The van der Waals surface area contributed by atoms with Crippen LogP contribution in [0.5, 0.6) is 11.5 Å². The molecule has 2 rings (SSSR count). The fraction of sp³-hybridized carbons (Fsp3) is 0.526. The summed E-state index contributed by atoms with van der Waals surface area (Å²) in [5.41, 5.74) is -0.155. The van der Waals surface area contributed by atoms with Crippen molar-refractivity contribution in [1.82, 2.24) is 15.5 Å². The number of nitrogens with zero attached hydrogens (tertiary/aromatic N) is 1. The quantitative estimate of drug-likeness (QED) is 0.672. The molecule has 0 aliphatic carbocycles. The number of rotatable bonds is 8. The van der Waals surface area contributed by atoms with Gasteiger partial charge in [0.1, 0.15) is 12.1 Å². The third-order valence-electron chi connectivity index (χ3n) is 4.40. The fourth-order valence-electron chi connectivity index (χ4n) is 3.24. The van der Waals surface area contributed by atoms with Crippen molar-refractivity contribution in [2.75, 3.05) is 20.8 Å². The summed E-state index contributed by atoms with van der Waals surface area (Å²) in [6.07, 6.45) is 0.515. The Balaban J connectivity index is 1.96. The van der Waals surface area contributed by atoms with Gasteiger partial charge in [0.15, 0.2) is 11.5 Å². The molecule has 8 heteroatoms. The summed E-state index contributed by atoms with van der Waals surface area (Å²) >= 11 is 0. The van der Waals surface area contributed by atoms with E-state index in [-0.39, 0.29) is 24.9 Å². The topological polar surface area (TPSA) is 97.0 Å². The second-order valence-electron chi connectivity index (χ2n) is 7.22. The molecule has 0 radical (unpaired) electrons. The second kappa shape index (κ2) is 8.28. The molecule has 1 saturated heterocycles. The van der Waals surface area contributed by atoms with Crippen molar-refractivity contribution in [3.63, 3.8) is 0 Å². The minimum absolute atomic E-state index is 0.234. The fourth-order valence-corrected chi connectivity index (χ4v) is 3.24. The highest BCUT2D eigenvalue weighted by atomic mass is 16.5. The summed E-state index contributed by atoms with van der Waals surface area (Å²) in [6, 6.07) is 4.76. The highest BCUT2D eigenvalue weighted by Crippen LogP contribution is 2.27. The predicted octanol–water partition coefficient (Wildman–Crippen LogP) is 1.68. The van der Waals surface area contributed by atoms with Crippen LogP contribution in [0.2, 0.25) is 0 Å². The number of hydrogen-bond acceptors (Lipinski definition) is 5. The number of imide groups is 1. The van der Waals surface area contributed by atoms with E-state index in [4.69, 9.17) is 9.47 Å². The first-order valence-electron chi connectivity index (χ1n) is 8.82. The SMILES string of the molecule is COc1ccc(CNC(=O)CN2C(=O)NC(C)(CC(C)C)C2=O)cc1OC. The second-order valence-corrected chi connectivity index (χ2v) is 7.22. The lowest BCUT2D eigenvalue weighted by atomic mass is 9.91. The predicted molar refractivity (Wildman–Crippen MR) is 99.5 cm³/mol. The lowest BCUT2D eigenvalue weighted by Gasteiger charge is -2.23. The molecule has 1 aromatic rings. The van der Waals surface area contributed by atoms with Gasteiger partial charge in [-0.05, 0) is 37.0 Å². The van der Waals surface area contributed by atoms with Gasteiger partial charge in [-0.1, -0.05) is 19.9 Å². The van der Waals surface area contributed by atoms with Gasteiger partial charge in [0, 0.05) is 6.54 Å². The number of carbonyl (C=O) groups excluding carboxylic acids is 3. The molecule has 148 valence electrons. The number of urea groups is 1.